The Kier molecular flexibility index (Phi) is 12.5. The Bertz CT molecular complexity index is 2650. The van der Waals surface area contributed by atoms with Crippen LogP contribution in [-0.2, 0) is 19.1 Å². The van der Waals surface area contributed by atoms with Crippen molar-refractivity contribution in [3.05, 3.63) is 75.2 Å². The number of aromatic nitrogens is 3. The molecule has 2 aromatic carbocycles. The first-order valence-electron chi connectivity index (χ1n) is 22.8. The van der Waals surface area contributed by atoms with Gasteiger partial charge in [-0.2, -0.15) is 4.98 Å². The smallest absolute Gasteiger partial charge is 0.293 e. The van der Waals surface area contributed by atoms with Crippen LogP contribution in [0, 0.1) is 0 Å². The highest BCUT2D eigenvalue weighted by Crippen LogP contribution is 2.37. The van der Waals surface area contributed by atoms with Crippen LogP contribution in [0.4, 0.5) is 23.1 Å². The number of halogens is 1. The highest BCUT2D eigenvalue weighted by Gasteiger charge is 2.46. The predicted molar refractivity (Wildman–Crippen MR) is 248 cm³/mol. The Balaban J connectivity index is 0.765. The lowest BCUT2D eigenvalue weighted by atomic mass is 9.86. The second-order valence-corrected chi connectivity index (χ2v) is 18.7. The molecule has 0 spiro atoms. The molecule has 4 aromatic rings. The highest BCUT2D eigenvalue weighted by molar-refractivity contribution is 6.33. The fourth-order valence-electron chi connectivity index (χ4n) is 10.2. The van der Waals surface area contributed by atoms with Crippen LogP contribution in [-0.4, -0.2) is 130 Å². The number of ether oxygens (including phenoxy) is 2. The van der Waals surface area contributed by atoms with Gasteiger partial charge in [-0.1, -0.05) is 11.6 Å². The van der Waals surface area contributed by atoms with Crippen LogP contribution in [0.2, 0.25) is 5.02 Å². The van der Waals surface area contributed by atoms with E-state index >= 15 is 0 Å². The average molecular weight is 923 g/mol. The molecule has 18 nitrogen and oxygen atoms in total. The SMILES string of the molecule is CNC(=O)COc1cc2cc(Nc3nc(N4CCC(O[C@H]5C[C@H](N6C[C@H](C)N(c7ccc8c(c7)C(=O)N(C7CCC(=O)NC7=O)C8=O)[C@@H](C)C6)C5)CC4)ncc3Cl)ccc2n(C(C)C)c1=O. The quantitative estimate of drug-likeness (QED) is 0.169. The zero-order valence-corrected chi connectivity index (χ0v) is 38.5. The van der Waals surface area contributed by atoms with Crippen molar-refractivity contribution in [1.82, 2.24) is 35.0 Å². The van der Waals surface area contributed by atoms with E-state index in [4.69, 9.17) is 26.1 Å². The van der Waals surface area contributed by atoms with Gasteiger partial charge in [0.25, 0.3) is 23.3 Å². The van der Waals surface area contributed by atoms with E-state index in [-0.39, 0.29) is 72.6 Å². The molecule has 66 heavy (non-hydrogen) atoms. The van der Waals surface area contributed by atoms with E-state index in [0.29, 0.717) is 34.1 Å². The molecule has 0 radical (unpaired) electrons. The summed E-state index contributed by atoms with van der Waals surface area (Å²) in [6.07, 6.45) is 5.75. The molecule has 3 atom stereocenters. The zero-order valence-electron chi connectivity index (χ0n) is 37.7. The molecular weight excluding hydrogens is 868 g/mol. The third kappa shape index (κ3) is 8.68. The monoisotopic (exact) mass is 922 g/mol. The molecule has 6 heterocycles. The Labute approximate surface area is 386 Å². The maximum atomic E-state index is 13.5. The third-order valence-electron chi connectivity index (χ3n) is 13.5. The largest absolute Gasteiger partial charge is 0.478 e. The summed E-state index contributed by atoms with van der Waals surface area (Å²) in [6, 6.07) is 12.2. The zero-order chi connectivity index (χ0) is 46.6. The number of piperidine rings is 2. The Morgan fingerprint density at radius 2 is 1.65 bits per heavy atom. The average Bonchev–Trinajstić information content (AvgIpc) is 3.52. The van der Waals surface area contributed by atoms with Gasteiger partial charge in [-0.15, -0.1) is 0 Å². The molecule has 348 valence electrons. The van der Waals surface area contributed by atoms with Crippen LogP contribution in [0.25, 0.3) is 10.9 Å². The molecule has 4 fully saturated rings. The van der Waals surface area contributed by atoms with Gasteiger partial charge in [-0.25, -0.2) is 4.98 Å². The molecule has 5 amide bonds. The molecule has 5 aliphatic rings. The van der Waals surface area contributed by atoms with E-state index in [2.05, 4.69) is 49.5 Å². The van der Waals surface area contributed by atoms with Crippen molar-refractivity contribution in [3.8, 4) is 5.75 Å². The maximum absolute atomic E-state index is 13.5. The summed E-state index contributed by atoms with van der Waals surface area (Å²) in [5.41, 5.74) is 2.55. The molecule has 1 saturated carbocycles. The number of likely N-dealkylation sites (N-methyl/N-ethyl adjacent to an activating group) is 1. The summed E-state index contributed by atoms with van der Waals surface area (Å²) in [5, 5.41) is 9.19. The number of fused-ring (bicyclic) bond motifs is 2. The predicted octanol–water partition coefficient (Wildman–Crippen LogP) is 4.41. The van der Waals surface area contributed by atoms with Crippen molar-refractivity contribution in [2.24, 2.45) is 0 Å². The number of carbonyl (C=O) groups excluding carboxylic acids is 5. The minimum atomic E-state index is -0.995. The summed E-state index contributed by atoms with van der Waals surface area (Å²) in [5.74, 6) is -1.25. The molecule has 0 bridgehead atoms. The van der Waals surface area contributed by atoms with Gasteiger partial charge in [0.15, 0.2) is 18.2 Å². The van der Waals surface area contributed by atoms with Crippen molar-refractivity contribution >= 4 is 75.2 Å². The van der Waals surface area contributed by atoms with Crippen LogP contribution in [0.3, 0.4) is 0 Å². The van der Waals surface area contributed by atoms with Crippen LogP contribution in [0.15, 0.2) is 53.5 Å². The molecule has 19 heteroatoms. The van der Waals surface area contributed by atoms with Crippen LogP contribution < -0.4 is 36.0 Å². The number of nitrogens with one attached hydrogen (secondary N) is 3. The van der Waals surface area contributed by atoms with E-state index in [0.717, 1.165) is 73.4 Å². The van der Waals surface area contributed by atoms with Crippen molar-refractivity contribution in [2.45, 2.75) is 109 Å². The second kappa shape index (κ2) is 18.3. The fraction of sp³-hybridized carbons (Fsp3) is 0.489. The van der Waals surface area contributed by atoms with E-state index in [1.54, 1.807) is 29.0 Å². The topological polar surface area (TPSA) is 201 Å². The summed E-state index contributed by atoms with van der Waals surface area (Å²) in [6.45, 7) is 11.1. The van der Waals surface area contributed by atoms with Gasteiger partial charge in [0.1, 0.15) is 11.1 Å². The number of rotatable bonds is 12. The van der Waals surface area contributed by atoms with Crippen LogP contribution >= 0.6 is 11.6 Å². The lowest BCUT2D eigenvalue weighted by Crippen LogP contribution is -2.62. The summed E-state index contributed by atoms with van der Waals surface area (Å²) in [4.78, 5) is 93.6. The normalized spacial score (nSPS) is 23.9. The first-order chi connectivity index (χ1) is 31.7. The van der Waals surface area contributed by atoms with Gasteiger partial charge in [0.2, 0.25) is 17.8 Å². The van der Waals surface area contributed by atoms with Crippen molar-refractivity contribution in [2.75, 3.05) is 55.0 Å². The van der Waals surface area contributed by atoms with Gasteiger partial charge in [-0.05, 0) is 102 Å². The molecular formula is C47H55ClN10O8. The van der Waals surface area contributed by atoms with Crippen molar-refractivity contribution in [1.29, 1.82) is 0 Å². The number of amides is 5. The fourth-order valence-corrected chi connectivity index (χ4v) is 10.3. The molecule has 1 unspecified atom stereocenters. The Morgan fingerprint density at radius 1 is 0.924 bits per heavy atom. The first-order valence-corrected chi connectivity index (χ1v) is 23.2. The standard InChI is InChI=1S/C47H55ClN10O8/c1-25(2)56-37-9-6-29(16-28(37)17-39(46(56)64)65-24-41(60)49-5)51-42-36(48)21-50-47(53-42)54-14-12-32(13-15-54)66-33-18-31(19-33)55-22-26(3)57(27(4)23-55)30-7-8-34-35(20-30)45(63)58(44(34)62)38-10-11-40(59)52-43(38)61/h6-9,16-17,20-21,25-27,31-33,38H,10-15,18-19,22-24H2,1-5H3,(H,49,60)(H,50,51,53)(H,52,59,61)/t26-,27-,31-,33-,38?/m0/s1. The number of hydrogen-bond donors (Lipinski definition) is 3. The number of carbonyl (C=O) groups is 5. The highest BCUT2D eigenvalue weighted by atomic mass is 35.5. The van der Waals surface area contributed by atoms with Crippen molar-refractivity contribution < 1.29 is 33.4 Å². The van der Waals surface area contributed by atoms with E-state index in [9.17, 15) is 28.8 Å². The minimum absolute atomic E-state index is 0.0788. The Morgan fingerprint density at radius 3 is 2.35 bits per heavy atom. The Hall–Kier alpha value is -6.11. The summed E-state index contributed by atoms with van der Waals surface area (Å²) in [7, 11) is 1.51. The van der Waals surface area contributed by atoms with E-state index in [1.165, 1.54) is 7.05 Å². The lowest BCUT2D eigenvalue weighted by molar-refractivity contribution is -0.136. The van der Waals surface area contributed by atoms with Gasteiger partial charge < -0.3 is 34.5 Å². The third-order valence-corrected chi connectivity index (χ3v) is 13.8. The van der Waals surface area contributed by atoms with Crippen LogP contribution in [0.5, 0.6) is 5.75 Å². The van der Waals surface area contributed by atoms with Gasteiger partial charge in [-0.3, -0.25) is 43.9 Å². The van der Waals surface area contributed by atoms with Gasteiger partial charge in [0, 0.05) is 80.6 Å². The summed E-state index contributed by atoms with van der Waals surface area (Å²) >= 11 is 6.61. The minimum Gasteiger partial charge on any atom is -0.478 e. The second-order valence-electron chi connectivity index (χ2n) is 18.3. The maximum Gasteiger partial charge on any atom is 0.293 e. The van der Waals surface area contributed by atoms with Gasteiger partial charge in [0.05, 0.1) is 35.0 Å². The first kappa shape index (κ1) is 45.1. The molecule has 3 saturated heterocycles. The number of pyridine rings is 1. The van der Waals surface area contributed by atoms with Crippen LogP contribution in [0.1, 0.15) is 93.0 Å². The van der Waals surface area contributed by atoms with Gasteiger partial charge >= 0.3 is 0 Å². The number of nitrogens with zero attached hydrogens (tertiary/aromatic N) is 7. The number of hydrogen-bond acceptors (Lipinski definition) is 14. The molecule has 3 N–H and O–H groups in total. The number of imide groups is 2. The van der Waals surface area contributed by atoms with Crippen molar-refractivity contribution in [3.63, 3.8) is 0 Å². The van der Waals surface area contributed by atoms with E-state index in [1.807, 2.05) is 38.1 Å². The summed E-state index contributed by atoms with van der Waals surface area (Å²) < 4.78 is 13.9. The number of benzene rings is 2. The molecule has 9 rings (SSSR count). The van der Waals surface area contributed by atoms with E-state index < -0.39 is 29.7 Å². The molecule has 2 aromatic heterocycles. The number of piperazine rings is 1. The lowest BCUT2D eigenvalue weighted by Gasteiger charge is -2.52. The number of anilines is 4. The molecule has 1 aliphatic carbocycles. The molecule has 4 aliphatic heterocycles.